The summed E-state index contributed by atoms with van der Waals surface area (Å²) >= 11 is 0. The molecule has 0 unspecified atom stereocenters. The van der Waals surface area contributed by atoms with Gasteiger partial charge in [-0.3, -0.25) is 14.5 Å². The van der Waals surface area contributed by atoms with Crippen LogP contribution in [-0.2, 0) is 4.79 Å². The van der Waals surface area contributed by atoms with E-state index in [4.69, 9.17) is 0 Å². The molecule has 25 heavy (non-hydrogen) atoms. The van der Waals surface area contributed by atoms with Gasteiger partial charge in [0.2, 0.25) is 5.91 Å². The molecule has 0 spiro atoms. The zero-order valence-electron chi connectivity index (χ0n) is 15.5. The Kier molecular flexibility index (Phi) is 5.91. The summed E-state index contributed by atoms with van der Waals surface area (Å²) in [5, 5.41) is 2.90. The largest absolute Gasteiger partial charge is 0.326 e. The third-order valence-corrected chi connectivity index (χ3v) is 3.89. The van der Waals surface area contributed by atoms with E-state index >= 15 is 0 Å². The highest BCUT2D eigenvalue weighted by atomic mass is 16.2. The molecule has 0 atom stereocenters. The fraction of sp³-hybridized carbons (Fsp3) is 0.350. The van der Waals surface area contributed by atoms with E-state index in [1.54, 1.807) is 31.4 Å². The van der Waals surface area contributed by atoms with Gasteiger partial charge in [-0.15, -0.1) is 0 Å². The van der Waals surface area contributed by atoms with E-state index < -0.39 is 0 Å². The van der Waals surface area contributed by atoms with Crippen molar-refractivity contribution in [1.29, 1.82) is 0 Å². The van der Waals surface area contributed by atoms with Crippen molar-refractivity contribution in [2.45, 2.75) is 34.1 Å². The van der Waals surface area contributed by atoms with Gasteiger partial charge in [0.25, 0.3) is 5.91 Å². The maximum atomic E-state index is 12.7. The van der Waals surface area contributed by atoms with Crippen LogP contribution in [0.1, 0.15) is 41.8 Å². The van der Waals surface area contributed by atoms with Crippen molar-refractivity contribution in [2.75, 3.05) is 17.3 Å². The van der Waals surface area contributed by atoms with Gasteiger partial charge in [-0.05, 0) is 55.2 Å². The highest BCUT2D eigenvalue weighted by Crippen LogP contribution is 2.20. The molecule has 2 rings (SSSR count). The Hall–Kier alpha value is -2.69. The Labute approximate surface area is 149 Å². The van der Waals surface area contributed by atoms with Gasteiger partial charge >= 0.3 is 0 Å². The molecular weight excluding hydrogens is 314 g/mol. The molecule has 0 aliphatic carbocycles. The molecule has 2 aromatic rings. The predicted octanol–water partition coefficient (Wildman–Crippen LogP) is 3.96. The summed E-state index contributed by atoms with van der Waals surface area (Å²) in [4.78, 5) is 30.4. The summed E-state index contributed by atoms with van der Waals surface area (Å²) in [6.07, 6.45) is 2.21. The first-order chi connectivity index (χ1) is 11.8. The normalized spacial score (nSPS) is 10.6. The lowest BCUT2D eigenvalue weighted by Gasteiger charge is -2.17. The number of aryl methyl sites for hydroxylation is 2. The van der Waals surface area contributed by atoms with Gasteiger partial charge in [-0.25, -0.2) is 4.98 Å². The Morgan fingerprint density at radius 1 is 1.16 bits per heavy atom. The molecule has 0 radical (unpaired) electrons. The van der Waals surface area contributed by atoms with E-state index in [0.29, 0.717) is 23.7 Å². The lowest BCUT2D eigenvalue weighted by atomic mass is 10.1. The van der Waals surface area contributed by atoms with Crippen LogP contribution in [0.4, 0.5) is 11.5 Å². The van der Waals surface area contributed by atoms with Gasteiger partial charge in [-0.1, -0.05) is 19.9 Å². The monoisotopic (exact) mass is 339 g/mol. The van der Waals surface area contributed by atoms with Crippen molar-refractivity contribution >= 4 is 23.3 Å². The van der Waals surface area contributed by atoms with Crippen LogP contribution in [0.3, 0.4) is 0 Å². The molecule has 0 saturated heterocycles. The van der Waals surface area contributed by atoms with Gasteiger partial charge in [0.1, 0.15) is 5.82 Å². The van der Waals surface area contributed by atoms with E-state index in [9.17, 15) is 9.59 Å². The number of amides is 2. The third-order valence-electron chi connectivity index (χ3n) is 3.89. The fourth-order valence-electron chi connectivity index (χ4n) is 2.47. The maximum Gasteiger partial charge on any atom is 0.259 e. The second-order valence-corrected chi connectivity index (χ2v) is 6.73. The summed E-state index contributed by atoms with van der Waals surface area (Å²) in [6.45, 7) is 7.84. The minimum Gasteiger partial charge on any atom is -0.326 e. The molecule has 2 amide bonds. The predicted molar refractivity (Wildman–Crippen MR) is 101 cm³/mol. The number of aromatic nitrogens is 1. The number of nitrogens with one attached hydrogen (secondary N) is 1. The molecule has 5 heteroatoms. The smallest absolute Gasteiger partial charge is 0.259 e. The van der Waals surface area contributed by atoms with Crippen molar-refractivity contribution in [3.05, 3.63) is 53.2 Å². The van der Waals surface area contributed by atoms with Crippen LogP contribution < -0.4 is 10.2 Å². The molecule has 0 aliphatic heterocycles. The van der Waals surface area contributed by atoms with Crippen molar-refractivity contribution in [1.82, 2.24) is 4.98 Å². The quantitative estimate of drug-likeness (QED) is 0.897. The Bertz CT molecular complexity index is 767. The molecule has 1 N–H and O–H groups in total. The number of carbonyl (C=O) groups excluding carboxylic acids is 2. The van der Waals surface area contributed by atoms with Crippen LogP contribution in [0.15, 0.2) is 36.5 Å². The van der Waals surface area contributed by atoms with Crippen molar-refractivity contribution in [3.8, 4) is 0 Å². The van der Waals surface area contributed by atoms with Crippen molar-refractivity contribution in [2.24, 2.45) is 5.92 Å². The number of benzene rings is 1. The molecule has 1 aromatic carbocycles. The summed E-state index contributed by atoms with van der Waals surface area (Å²) in [5.41, 5.74) is 3.19. The number of hydrogen-bond acceptors (Lipinski definition) is 3. The number of nitrogens with zero attached hydrogens (tertiary/aromatic N) is 2. The minimum absolute atomic E-state index is 0.0156. The van der Waals surface area contributed by atoms with Crippen molar-refractivity contribution < 1.29 is 9.59 Å². The van der Waals surface area contributed by atoms with Crippen LogP contribution >= 0.6 is 0 Å². The summed E-state index contributed by atoms with van der Waals surface area (Å²) in [7, 11) is 1.70. The second kappa shape index (κ2) is 7.92. The van der Waals surface area contributed by atoms with Crippen LogP contribution in [0.25, 0.3) is 0 Å². The van der Waals surface area contributed by atoms with E-state index in [-0.39, 0.29) is 11.8 Å². The Balaban J connectivity index is 2.14. The second-order valence-electron chi connectivity index (χ2n) is 6.73. The number of hydrogen-bond donors (Lipinski definition) is 1. The first-order valence-electron chi connectivity index (χ1n) is 8.39. The molecular formula is C20H25N3O2. The molecule has 0 saturated carbocycles. The number of carbonyl (C=O) groups is 2. The van der Waals surface area contributed by atoms with Gasteiger partial charge < -0.3 is 5.32 Å². The van der Waals surface area contributed by atoms with Crippen LogP contribution in [-0.4, -0.2) is 23.8 Å². The van der Waals surface area contributed by atoms with Crippen LogP contribution in [0.2, 0.25) is 0 Å². The molecule has 1 heterocycles. The highest BCUT2D eigenvalue weighted by Gasteiger charge is 2.16. The molecule has 0 fully saturated rings. The van der Waals surface area contributed by atoms with E-state index in [1.165, 1.54) is 4.90 Å². The van der Waals surface area contributed by atoms with E-state index in [2.05, 4.69) is 10.3 Å². The zero-order valence-corrected chi connectivity index (χ0v) is 15.5. The summed E-state index contributed by atoms with van der Waals surface area (Å²) < 4.78 is 0. The number of rotatable bonds is 5. The van der Waals surface area contributed by atoms with E-state index in [0.717, 1.165) is 16.8 Å². The standard InChI is InChI=1S/C20H25N3O2/c1-13(2)10-19(24)22-17-8-7-16(11-15(17)4)20(25)23(5)18-9-6-14(3)12-21-18/h6-9,11-13H,10H2,1-5H3,(H,22,24). The summed E-state index contributed by atoms with van der Waals surface area (Å²) in [6, 6.07) is 9.03. The number of anilines is 2. The molecule has 1 aromatic heterocycles. The Morgan fingerprint density at radius 2 is 1.88 bits per heavy atom. The highest BCUT2D eigenvalue weighted by molar-refractivity contribution is 6.05. The third kappa shape index (κ3) is 4.89. The first kappa shape index (κ1) is 18.6. The van der Waals surface area contributed by atoms with Gasteiger partial charge in [0.15, 0.2) is 0 Å². The van der Waals surface area contributed by atoms with Gasteiger partial charge in [0.05, 0.1) is 0 Å². The fourth-order valence-corrected chi connectivity index (χ4v) is 2.47. The molecule has 0 aliphatic rings. The van der Waals surface area contributed by atoms with Crippen molar-refractivity contribution in [3.63, 3.8) is 0 Å². The van der Waals surface area contributed by atoms with E-state index in [1.807, 2.05) is 39.8 Å². The average Bonchev–Trinajstić information content (AvgIpc) is 2.55. The molecule has 132 valence electrons. The van der Waals surface area contributed by atoms with Gasteiger partial charge in [-0.2, -0.15) is 0 Å². The lowest BCUT2D eigenvalue weighted by Crippen LogP contribution is -2.27. The van der Waals surface area contributed by atoms with Gasteiger partial charge in [0, 0.05) is 30.9 Å². The minimum atomic E-state index is -0.139. The topological polar surface area (TPSA) is 62.3 Å². The zero-order chi connectivity index (χ0) is 18.6. The average molecular weight is 339 g/mol. The SMILES string of the molecule is Cc1ccc(N(C)C(=O)c2ccc(NC(=O)CC(C)C)c(C)c2)nc1. The van der Waals surface area contributed by atoms with Crippen LogP contribution in [0, 0.1) is 19.8 Å². The van der Waals surface area contributed by atoms with Crippen LogP contribution in [0.5, 0.6) is 0 Å². The lowest BCUT2D eigenvalue weighted by molar-refractivity contribution is -0.116. The molecule has 5 nitrogen and oxygen atoms in total. The molecule has 0 bridgehead atoms. The Morgan fingerprint density at radius 3 is 2.44 bits per heavy atom. The number of pyridine rings is 1. The maximum absolute atomic E-state index is 12.7. The summed E-state index contributed by atoms with van der Waals surface area (Å²) in [5.74, 6) is 0.747. The first-order valence-corrected chi connectivity index (χ1v) is 8.39.